The molecule has 0 aromatic carbocycles. The van der Waals surface area contributed by atoms with E-state index in [1.807, 2.05) is 6.08 Å². The van der Waals surface area contributed by atoms with Crippen molar-refractivity contribution in [3.63, 3.8) is 0 Å². The molecule has 6 nitrogen and oxygen atoms in total. The maximum Gasteiger partial charge on any atom is 0.305 e. The largest absolute Gasteiger partial charge is 0.466 e. The molecule has 0 heterocycles. The van der Waals surface area contributed by atoms with Crippen molar-refractivity contribution < 1.29 is 24.5 Å². The van der Waals surface area contributed by atoms with Gasteiger partial charge in [0.2, 0.25) is 5.91 Å². The summed E-state index contributed by atoms with van der Waals surface area (Å²) in [6, 6.07) is -0.631. The van der Waals surface area contributed by atoms with Gasteiger partial charge in [-0.25, -0.2) is 0 Å². The van der Waals surface area contributed by atoms with Crippen molar-refractivity contribution in [2.24, 2.45) is 0 Å². The Morgan fingerprint density at radius 3 is 1.08 bits per heavy atom. The van der Waals surface area contributed by atoms with E-state index in [2.05, 4.69) is 55.6 Å². The summed E-state index contributed by atoms with van der Waals surface area (Å²) >= 11 is 0. The van der Waals surface area contributed by atoms with Crippen LogP contribution in [-0.4, -0.2) is 47.4 Å². The average molecular weight is 1050 g/mol. The highest BCUT2D eigenvalue weighted by Crippen LogP contribution is 2.18. The highest BCUT2D eigenvalue weighted by Gasteiger charge is 2.18. The second-order valence-corrected chi connectivity index (χ2v) is 22.8. The number of carbonyl (C=O) groups excluding carboxylic acids is 2. The molecule has 0 rings (SSSR count). The SMILES string of the molecule is CCC/C=C\C/C=C\CCCCCCCC(=O)OCCCCCCCCCCCCCC/C=C\CCCCCCCCCCCCC(=O)NC(CO)C(O)/C=C/CCCCCCCCCCCCCCCCCCC. The summed E-state index contributed by atoms with van der Waals surface area (Å²) in [5, 5.41) is 23.2. The van der Waals surface area contributed by atoms with Gasteiger partial charge < -0.3 is 20.3 Å². The number of hydrogen-bond acceptors (Lipinski definition) is 5. The molecular weight excluding hydrogens is 923 g/mol. The molecule has 0 aromatic rings. The second kappa shape index (κ2) is 64.3. The van der Waals surface area contributed by atoms with Gasteiger partial charge in [0.1, 0.15) is 0 Å². The summed E-state index contributed by atoms with van der Waals surface area (Å²) in [4.78, 5) is 24.5. The number of aliphatic hydroxyl groups excluding tert-OH is 2. The quantitative estimate of drug-likeness (QED) is 0.0320. The van der Waals surface area contributed by atoms with Gasteiger partial charge >= 0.3 is 5.97 Å². The minimum atomic E-state index is -0.847. The highest BCUT2D eigenvalue weighted by molar-refractivity contribution is 5.76. The van der Waals surface area contributed by atoms with Gasteiger partial charge in [-0.3, -0.25) is 9.59 Å². The van der Waals surface area contributed by atoms with E-state index in [1.54, 1.807) is 6.08 Å². The van der Waals surface area contributed by atoms with E-state index in [1.165, 1.54) is 276 Å². The Morgan fingerprint density at radius 2 is 0.693 bits per heavy atom. The number of allylic oxidation sites excluding steroid dienone is 7. The monoisotopic (exact) mass is 1050 g/mol. The number of rotatable bonds is 62. The number of esters is 1. The Bertz CT molecular complexity index is 1260. The fourth-order valence-electron chi connectivity index (χ4n) is 10.2. The Kier molecular flexibility index (Phi) is 62.5. The summed E-state index contributed by atoms with van der Waals surface area (Å²) in [5.41, 5.74) is 0. The molecule has 6 heteroatoms. The minimum absolute atomic E-state index is 0.00157. The van der Waals surface area contributed by atoms with Gasteiger partial charge in [-0.1, -0.05) is 306 Å². The molecule has 0 aliphatic heterocycles. The van der Waals surface area contributed by atoms with Crippen LogP contribution in [-0.2, 0) is 14.3 Å². The first-order valence-electron chi connectivity index (χ1n) is 33.4. The molecule has 0 bridgehead atoms. The van der Waals surface area contributed by atoms with Crippen molar-refractivity contribution in [2.45, 2.75) is 366 Å². The lowest BCUT2D eigenvalue weighted by molar-refractivity contribution is -0.143. The summed E-state index contributed by atoms with van der Waals surface area (Å²) < 4.78 is 5.47. The fourth-order valence-corrected chi connectivity index (χ4v) is 10.2. The van der Waals surface area contributed by atoms with Crippen molar-refractivity contribution in [2.75, 3.05) is 13.2 Å². The Morgan fingerprint density at radius 1 is 0.373 bits per heavy atom. The molecule has 0 saturated heterocycles. The van der Waals surface area contributed by atoms with Crippen LogP contribution in [0.1, 0.15) is 354 Å². The summed E-state index contributed by atoms with van der Waals surface area (Å²) in [5.74, 6) is -0.0692. The van der Waals surface area contributed by atoms with E-state index in [9.17, 15) is 19.8 Å². The van der Waals surface area contributed by atoms with Gasteiger partial charge in [-0.05, 0) is 83.5 Å². The lowest BCUT2D eigenvalue weighted by Gasteiger charge is -2.20. The number of carbonyl (C=O) groups is 2. The van der Waals surface area contributed by atoms with Crippen LogP contribution in [0.4, 0.5) is 0 Å². The van der Waals surface area contributed by atoms with E-state index < -0.39 is 12.1 Å². The van der Waals surface area contributed by atoms with E-state index in [4.69, 9.17) is 4.74 Å². The van der Waals surface area contributed by atoms with Crippen molar-refractivity contribution in [1.29, 1.82) is 0 Å². The van der Waals surface area contributed by atoms with E-state index in [-0.39, 0.29) is 18.5 Å². The predicted molar refractivity (Wildman–Crippen MR) is 329 cm³/mol. The topological polar surface area (TPSA) is 95.9 Å². The van der Waals surface area contributed by atoms with Crippen molar-refractivity contribution >= 4 is 11.9 Å². The van der Waals surface area contributed by atoms with E-state index in [0.717, 1.165) is 51.4 Å². The zero-order chi connectivity index (χ0) is 54.3. The summed E-state index contributed by atoms with van der Waals surface area (Å²) in [7, 11) is 0. The number of aliphatic hydroxyl groups is 2. The first-order chi connectivity index (χ1) is 37.0. The molecule has 0 fully saturated rings. The van der Waals surface area contributed by atoms with Crippen LogP contribution in [0.2, 0.25) is 0 Å². The Hall–Kier alpha value is -2.18. The molecule has 0 aliphatic carbocycles. The van der Waals surface area contributed by atoms with Crippen LogP contribution in [0.3, 0.4) is 0 Å². The molecule has 0 saturated carbocycles. The van der Waals surface area contributed by atoms with Gasteiger partial charge in [-0.15, -0.1) is 0 Å². The van der Waals surface area contributed by atoms with E-state index >= 15 is 0 Å². The summed E-state index contributed by atoms with van der Waals surface area (Å²) in [6.45, 7) is 4.85. The van der Waals surface area contributed by atoms with Gasteiger partial charge in [0.15, 0.2) is 0 Å². The summed E-state index contributed by atoms with van der Waals surface area (Å²) in [6.07, 6.45) is 83.1. The molecule has 0 aliphatic rings. The molecule has 2 atom stereocenters. The molecule has 3 N–H and O–H groups in total. The molecule has 0 aromatic heterocycles. The predicted octanol–water partition coefficient (Wildman–Crippen LogP) is 21.3. The highest BCUT2D eigenvalue weighted by atomic mass is 16.5. The van der Waals surface area contributed by atoms with Gasteiger partial charge in [-0.2, -0.15) is 0 Å². The maximum absolute atomic E-state index is 12.5. The van der Waals surface area contributed by atoms with Crippen molar-refractivity contribution in [3.05, 3.63) is 48.6 Å². The molecule has 2 unspecified atom stereocenters. The number of ether oxygens (including phenoxy) is 1. The average Bonchev–Trinajstić information content (AvgIpc) is 3.41. The zero-order valence-electron chi connectivity index (χ0n) is 50.3. The van der Waals surface area contributed by atoms with Crippen molar-refractivity contribution in [1.82, 2.24) is 5.32 Å². The lowest BCUT2D eigenvalue weighted by atomic mass is 10.0. The number of nitrogens with one attached hydrogen (secondary N) is 1. The number of hydrogen-bond donors (Lipinski definition) is 3. The smallest absolute Gasteiger partial charge is 0.305 e. The van der Waals surface area contributed by atoms with Gasteiger partial charge in [0, 0.05) is 12.8 Å². The van der Waals surface area contributed by atoms with Crippen LogP contribution in [0.5, 0.6) is 0 Å². The maximum atomic E-state index is 12.5. The Labute approximate surface area is 467 Å². The van der Waals surface area contributed by atoms with Gasteiger partial charge in [0.25, 0.3) is 0 Å². The minimum Gasteiger partial charge on any atom is -0.466 e. The second-order valence-electron chi connectivity index (χ2n) is 22.8. The first-order valence-corrected chi connectivity index (χ1v) is 33.4. The molecular formula is C69H129NO5. The Balaban J connectivity index is 3.43. The molecule has 0 radical (unpaired) electrons. The van der Waals surface area contributed by atoms with Crippen LogP contribution in [0.25, 0.3) is 0 Å². The molecule has 1 amide bonds. The number of unbranched alkanes of at least 4 members (excludes halogenated alkanes) is 45. The normalized spacial score (nSPS) is 12.9. The standard InChI is InChI=1S/C69H129NO5/c1-3-5-7-9-11-13-15-17-18-19-28-31-34-38-41-45-49-53-57-61-67(72)66(65-71)70-68(73)62-58-54-50-46-42-39-35-32-29-26-24-22-20-21-23-25-27-30-33-36-40-44-48-52-56-60-64-75-69(74)63-59-55-51-47-43-37-16-14-12-10-8-6-4-2/h8,10,14,16,20,22,57,61,66-67,71-72H,3-7,9,11-13,15,17-19,21,23-56,58-60,62-65H2,1-2H3,(H,70,73)/b10-8-,16-14-,22-20-,61-57+. The zero-order valence-corrected chi connectivity index (χ0v) is 50.3. The third-order valence-corrected chi connectivity index (χ3v) is 15.3. The van der Waals surface area contributed by atoms with E-state index in [0.29, 0.717) is 19.4 Å². The van der Waals surface area contributed by atoms with Crippen LogP contribution < -0.4 is 5.32 Å². The number of amides is 1. The first kappa shape index (κ1) is 72.8. The van der Waals surface area contributed by atoms with Crippen LogP contribution in [0.15, 0.2) is 48.6 Å². The third-order valence-electron chi connectivity index (χ3n) is 15.3. The van der Waals surface area contributed by atoms with Gasteiger partial charge in [0.05, 0.1) is 25.4 Å². The lowest BCUT2D eigenvalue weighted by Crippen LogP contribution is -2.45. The fraction of sp³-hybridized carbons (Fsp3) is 0.855. The third kappa shape index (κ3) is 60.9. The van der Waals surface area contributed by atoms with Crippen LogP contribution in [0, 0.1) is 0 Å². The van der Waals surface area contributed by atoms with Crippen LogP contribution >= 0.6 is 0 Å². The van der Waals surface area contributed by atoms with Crippen molar-refractivity contribution in [3.8, 4) is 0 Å². The molecule has 440 valence electrons. The molecule has 0 spiro atoms. The molecule has 75 heavy (non-hydrogen) atoms.